The molecule has 0 radical (unpaired) electrons. The fourth-order valence-corrected chi connectivity index (χ4v) is 4.06. The lowest BCUT2D eigenvalue weighted by Gasteiger charge is -2.23. The molecular formula is C26H30N2O6. The Morgan fingerprint density at radius 3 is 2.26 bits per heavy atom. The number of esters is 1. The van der Waals surface area contributed by atoms with Crippen molar-refractivity contribution in [3.8, 4) is 11.1 Å². The van der Waals surface area contributed by atoms with Crippen LogP contribution in [0.15, 0.2) is 61.2 Å². The first kappa shape index (κ1) is 25.0. The van der Waals surface area contributed by atoms with Crippen LogP contribution in [-0.2, 0) is 19.1 Å². The van der Waals surface area contributed by atoms with E-state index in [2.05, 4.69) is 17.2 Å². The third kappa shape index (κ3) is 6.02. The summed E-state index contributed by atoms with van der Waals surface area (Å²) in [6, 6.07) is 15.1. The second kappa shape index (κ2) is 12.0. The highest BCUT2D eigenvalue weighted by molar-refractivity contribution is 5.86. The monoisotopic (exact) mass is 466 g/mol. The summed E-state index contributed by atoms with van der Waals surface area (Å²) >= 11 is 0. The summed E-state index contributed by atoms with van der Waals surface area (Å²) in [5.74, 6) is -1.54. The number of carbonyl (C=O) groups excluding carboxylic acids is 3. The predicted molar refractivity (Wildman–Crippen MR) is 127 cm³/mol. The van der Waals surface area contributed by atoms with Gasteiger partial charge in [-0.15, -0.1) is 0 Å². The minimum absolute atomic E-state index is 0.0268. The molecule has 3 rings (SSSR count). The fourth-order valence-electron chi connectivity index (χ4n) is 4.06. The van der Waals surface area contributed by atoms with Crippen LogP contribution in [0.2, 0.25) is 0 Å². The van der Waals surface area contributed by atoms with Crippen molar-refractivity contribution < 1.29 is 29.0 Å². The lowest BCUT2D eigenvalue weighted by Crippen LogP contribution is -2.51. The van der Waals surface area contributed by atoms with Gasteiger partial charge in [0.1, 0.15) is 19.8 Å². The lowest BCUT2D eigenvalue weighted by atomic mass is 9.98. The zero-order valence-electron chi connectivity index (χ0n) is 19.2. The van der Waals surface area contributed by atoms with Crippen molar-refractivity contribution in [3.63, 3.8) is 0 Å². The molecule has 2 aromatic carbocycles. The second-order valence-electron chi connectivity index (χ2n) is 8.00. The Kier molecular flexibility index (Phi) is 8.81. The number of rotatable bonds is 11. The number of hydrogen-bond acceptors (Lipinski definition) is 6. The van der Waals surface area contributed by atoms with Gasteiger partial charge in [-0.25, -0.2) is 4.79 Å². The average molecular weight is 467 g/mol. The van der Waals surface area contributed by atoms with Crippen LogP contribution in [0, 0.1) is 0 Å². The van der Waals surface area contributed by atoms with E-state index in [1.807, 2.05) is 55.5 Å². The highest BCUT2D eigenvalue weighted by Gasteiger charge is 2.31. The molecule has 8 heteroatoms. The van der Waals surface area contributed by atoms with E-state index >= 15 is 0 Å². The molecule has 34 heavy (non-hydrogen) atoms. The summed E-state index contributed by atoms with van der Waals surface area (Å²) < 4.78 is 10.3. The van der Waals surface area contributed by atoms with Gasteiger partial charge in [0, 0.05) is 5.92 Å². The van der Waals surface area contributed by atoms with E-state index in [1.165, 1.54) is 6.08 Å². The molecule has 1 unspecified atom stereocenters. The van der Waals surface area contributed by atoms with E-state index in [-0.39, 0.29) is 19.1 Å². The van der Waals surface area contributed by atoms with Gasteiger partial charge in [0.05, 0.1) is 6.04 Å². The zero-order valence-corrected chi connectivity index (χ0v) is 19.2. The van der Waals surface area contributed by atoms with Crippen LogP contribution in [0.3, 0.4) is 0 Å². The van der Waals surface area contributed by atoms with Crippen LogP contribution in [-0.4, -0.2) is 55.0 Å². The van der Waals surface area contributed by atoms with E-state index in [9.17, 15) is 19.5 Å². The normalized spacial score (nSPS) is 13.7. The van der Waals surface area contributed by atoms with Gasteiger partial charge in [-0.1, -0.05) is 74.5 Å². The number of aliphatic hydroxyl groups is 1. The molecule has 0 fully saturated rings. The van der Waals surface area contributed by atoms with Crippen LogP contribution in [0.5, 0.6) is 0 Å². The molecule has 2 atom stereocenters. The van der Waals surface area contributed by atoms with E-state index < -0.39 is 36.7 Å². The Morgan fingerprint density at radius 2 is 1.68 bits per heavy atom. The van der Waals surface area contributed by atoms with E-state index in [0.717, 1.165) is 22.3 Å². The van der Waals surface area contributed by atoms with Gasteiger partial charge in [0.25, 0.3) is 5.91 Å². The quantitative estimate of drug-likeness (QED) is 0.347. The summed E-state index contributed by atoms with van der Waals surface area (Å²) in [5.41, 5.74) is 4.41. The first-order valence-electron chi connectivity index (χ1n) is 11.3. The highest BCUT2D eigenvalue weighted by Crippen LogP contribution is 2.44. The molecule has 180 valence electrons. The van der Waals surface area contributed by atoms with Gasteiger partial charge >= 0.3 is 12.1 Å². The summed E-state index contributed by atoms with van der Waals surface area (Å²) in [6.07, 6.45) is 0.0920. The zero-order chi connectivity index (χ0) is 24.5. The third-order valence-corrected chi connectivity index (χ3v) is 5.67. The lowest BCUT2D eigenvalue weighted by molar-refractivity contribution is -0.144. The van der Waals surface area contributed by atoms with E-state index in [1.54, 1.807) is 0 Å². The van der Waals surface area contributed by atoms with Crippen LogP contribution in [0.4, 0.5) is 4.79 Å². The molecule has 2 aromatic rings. The summed E-state index contributed by atoms with van der Waals surface area (Å²) in [6.45, 7) is 5.05. The maximum absolute atomic E-state index is 12.6. The van der Waals surface area contributed by atoms with E-state index in [0.29, 0.717) is 12.8 Å². The molecule has 8 nitrogen and oxygen atoms in total. The van der Waals surface area contributed by atoms with Crippen molar-refractivity contribution in [1.29, 1.82) is 0 Å². The van der Waals surface area contributed by atoms with Crippen molar-refractivity contribution in [2.45, 2.75) is 37.8 Å². The van der Waals surface area contributed by atoms with Crippen LogP contribution < -0.4 is 10.6 Å². The first-order chi connectivity index (χ1) is 16.5. The Bertz CT molecular complexity index is 992. The maximum Gasteiger partial charge on any atom is 0.407 e. The largest absolute Gasteiger partial charge is 0.460 e. The van der Waals surface area contributed by atoms with Crippen molar-refractivity contribution in [1.82, 2.24) is 10.6 Å². The fraction of sp³-hybridized carbons (Fsp3) is 0.346. The maximum atomic E-state index is 12.6. The van der Waals surface area contributed by atoms with E-state index in [4.69, 9.17) is 9.47 Å². The van der Waals surface area contributed by atoms with Crippen molar-refractivity contribution in [3.05, 3.63) is 72.3 Å². The Labute approximate surface area is 199 Å². The average Bonchev–Trinajstić information content (AvgIpc) is 3.17. The summed E-state index contributed by atoms with van der Waals surface area (Å²) in [5, 5.41) is 15.3. The molecular weight excluding hydrogens is 436 g/mol. The van der Waals surface area contributed by atoms with Gasteiger partial charge in [0.2, 0.25) is 0 Å². The molecule has 1 aliphatic carbocycles. The molecule has 0 heterocycles. The predicted octanol–water partition coefficient (Wildman–Crippen LogP) is 2.90. The molecule has 0 saturated heterocycles. The van der Waals surface area contributed by atoms with Gasteiger partial charge in [-0.2, -0.15) is 0 Å². The molecule has 0 aromatic heterocycles. The third-order valence-electron chi connectivity index (χ3n) is 5.67. The number of hydrogen-bond donors (Lipinski definition) is 3. The molecule has 3 N–H and O–H groups in total. The minimum Gasteiger partial charge on any atom is -0.460 e. The van der Waals surface area contributed by atoms with Crippen LogP contribution in [0.1, 0.15) is 36.8 Å². The number of carbonyl (C=O) groups is 3. The number of ether oxygens (including phenoxy) is 2. The molecule has 0 bridgehead atoms. The van der Waals surface area contributed by atoms with Gasteiger partial charge in [-0.05, 0) is 28.7 Å². The number of benzene rings is 2. The second-order valence-corrected chi connectivity index (χ2v) is 8.00. The number of alkyl carbamates (subject to hydrolysis) is 1. The van der Waals surface area contributed by atoms with Gasteiger partial charge < -0.3 is 25.2 Å². The summed E-state index contributed by atoms with van der Waals surface area (Å²) in [7, 11) is 0. The Morgan fingerprint density at radius 1 is 1.06 bits per heavy atom. The number of fused-ring (bicyclic) bond motifs is 3. The van der Waals surface area contributed by atoms with Crippen LogP contribution >= 0.6 is 0 Å². The minimum atomic E-state index is -1.55. The van der Waals surface area contributed by atoms with Crippen molar-refractivity contribution in [2.24, 2.45) is 0 Å². The Balaban J connectivity index is 1.57. The molecule has 2 amide bonds. The topological polar surface area (TPSA) is 114 Å². The SMILES string of the molecule is C=CCOC(=O)CNC(=O)C(O)[C@@H](CCC)NC(=O)OCC1c2ccccc2-c2ccccc21. The van der Waals surface area contributed by atoms with Crippen LogP contribution in [0.25, 0.3) is 11.1 Å². The first-order valence-corrected chi connectivity index (χ1v) is 11.3. The Hall–Kier alpha value is -3.65. The molecule has 0 spiro atoms. The number of aliphatic hydroxyl groups excluding tert-OH is 1. The summed E-state index contributed by atoms with van der Waals surface area (Å²) in [4.78, 5) is 36.4. The standard InChI is InChI=1S/C26H30N2O6/c1-3-9-22(24(30)25(31)27-15-23(29)33-14-4-2)28-26(32)34-16-21-19-12-7-5-10-17(19)18-11-6-8-13-20(18)21/h4-8,10-13,21-22,24,30H,2-3,9,14-16H2,1H3,(H,27,31)(H,28,32)/t22-,24?/m1/s1. The van der Waals surface area contributed by atoms with Crippen molar-refractivity contribution in [2.75, 3.05) is 19.8 Å². The van der Waals surface area contributed by atoms with Gasteiger partial charge in [-0.3, -0.25) is 9.59 Å². The smallest absolute Gasteiger partial charge is 0.407 e. The van der Waals surface area contributed by atoms with Gasteiger partial charge in [0.15, 0.2) is 6.10 Å². The number of amides is 2. The molecule has 0 aliphatic heterocycles. The number of nitrogens with one attached hydrogen (secondary N) is 2. The highest BCUT2D eigenvalue weighted by atomic mass is 16.5. The molecule has 1 aliphatic rings. The van der Waals surface area contributed by atoms with Crippen molar-refractivity contribution >= 4 is 18.0 Å². The molecule has 0 saturated carbocycles.